The van der Waals surface area contributed by atoms with Crippen LogP contribution in [0.15, 0.2) is 29.6 Å². The molecule has 120 valence electrons. The number of rotatable bonds is 3. The third-order valence-electron chi connectivity index (χ3n) is 4.57. The fourth-order valence-electron chi connectivity index (χ4n) is 3.29. The fraction of sp³-hybridized carbons (Fsp3) is 0.389. The molecule has 1 unspecified atom stereocenters. The van der Waals surface area contributed by atoms with Gasteiger partial charge in [-0.25, -0.2) is 0 Å². The number of fused-ring (bicyclic) bond motifs is 2. The SMILES string of the molecule is CC1Cc2cc3c(cc2CN1C(=O)CCc1cccs1)OCO3. The minimum atomic E-state index is 0.221. The van der Waals surface area contributed by atoms with E-state index in [1.54, 1.807) is 11.3 Å². The van der Waals surface area contributed by atoms with Crippen LogP contribution in [0.1, 0.15) is 29.3 Å². The van der Waals surface area contributed by atoms with E-state index < -0.39 is 0 Å². The molecule has 0 aliphatic carbocycles. The number of hydrogen-bond acceptors (Lipinski definition) is 4. The number of benzene rings is 1. The van der Waals surface area contributed by atoms with Crippen LogP contribution in [0, 0.1) is 0 Å². The predicted octanol–water partition coefficient (Wildman–Crippen LogP) is 3.38. The number of thiophene rings is 1. The van der Waals surface area contributed by atoms with Crippen LogP contribution in [0.5, 0.6) is 11.5 Å². The molecule has 2 aliphatic rings. The molecule has 1 atom stereocenters. The van der Waals surface area contributed by atoms with Crippen molar-refractivity contribution in [1.82, 2.24) is 4.90 Å². The van der Waals surface area contributed by atoms with Crippen molar-refractivity contribution in [1.29, 1.82) is 0 Å². The molecular formula is C18H19NO3S. The van der Waals surface area contributed by atoms with Gasteiger partial charge < -0.3 is 14.4 Å². The molecule has 0 N–H and O–H groups in total. The van der Waals surface area contributed by atoms with Crippen molar-refractivity contribution in [3.8, 4) is 11.5 Å². The molecule has 4 rings (SSSR count). The molecule has 0 spiro atoms. The van der Waals surface area contributed by atoms with Gasteiger partial charge in [0.25, 0.3) is 0 Å². The quantitative estimate of drug-likeness (QED) is 0.866. The first-order chi connectivity index (χ1) is 11.2. The molecule has 1 amide bonds. The molecule has 2 aliphatic heterocycles. The van der Waals surface area contributed by atoms with Crippen LogP contribution in [0.2, 0.25) is 0 Å². The lowest BCUT2D eigenvalue weighted by Crippen LogP contribution is -2.42. The van der Waals surface area contributed by atoms with Gasteiger partial charge in [0.1, 0.15) is 0 Å². The second-order valence-corrected chi connectivity index (χ2v) is 7.16. The summed E-state index contributed by atoms with van der Waals surface area (Å²) in [5, 5.41) is 2.06. The molecule has 4 nitrogen and oxygen atoms in total. The first kappa shape index (κ1) is 14.6. The van der Waals surface area contributed by atoms with Crippen molar-refractivity contribution in [2.75, 3.05) is 6.79 Å². The van der Waals surface area contributed by atoms with Crippen molar-refractivity contribution in [2.45, 2.75) is 38.8 Å². The lowest BCUT2D eigenvalue weighted by Gasteiger charge is -2.35. The first-order valence-electron chi connectivity index (χ1n) is 7.94. The summed E-state index contributed by atoms with van der Waals surface area (Å²) in [6.45, 7) is 3.07. The lowest BCUT2D eigenvalue weighted by atomic mass is 9.93. The Morgan fingerprint density at radius 3 is 2.83 bits per heavy atom. The van der Waals surface area contributed by atoms with E-state index in [-0.39, 0.29) is 18.7 Å². The summed E-state index contributed by atoms with van der Waals surface area (Å²) in [5.74, 6) is 1.85. The van der Waals surface area contributed by atoms with Crippen LogP contribution in [0.25, 0.3) is 0 Å². The van der Waals surface area contributed by atoms with E-state index in [0.717, 1.165) is 24.3 Å². The van der Waals surface area contributed by atoms with Gasteiger partial charge in [0.15, 0.2) is 11.5 Å². The number of amides is 1. The molecule has 0 bridgehead atoms. The van der Waals surface area contributed by atoms with E-state index >= 15 is 0 Å². The Balaban J connectivity index is 1.49. The number of hydrogen-bond donors (Lipinski definition) is 0. The van der Waals surface area contributed by atoms with E-state index in [0.29, 0.717) is 13.0 Å². The van der Waals surface area contributed by atoms with Gasteiger partial charge in [0.2, 0.25) is 12.7 Å². The Bertz CT molecular complexity index is 726. The number of ether oxygens (including phenoxy) is 2. The Hall–Kier alpha value is -2.01. The van der Waals surface area contributed by atoms with Crippen molar-refractivity contribution >= 4 is 17.2 Å². The van der Waals surface area contributed by atoms with Gasteiger partial charge in [-0.05, 0) is 54.5 Å². The Kier molecular flexibility index (Phi) is 3.73. The fourth-order valence-corrected chi connectivity index (χ4v) is 4.00. The van der Waals surface area contributed by atoms with E-state index in [2.05, 4.69) is 24.4 Å². The van der Waals surface area contributed by atoms with Crippen molar-refractivity contribution < 1.29 is 14.3 Å². The number of nitrogens with zero attached hydrogens (tertiary/aromatic N) is 1. The average Bonchev–Trinajstić information content (AvgIpc) is 3.21. The second kappa shape index (κ2) is 5.89. The van der Waals surface area contributed by atoms with Crippen molar-refractivity contribution in [3.05, 3.63) is 45.6 Å². The Morgan fingerprint density at radius 2 is 2.09 bits per heavy atom. The highest BCUT2D eigenvalue weighted by molar-refractivity contribution is 7.09. The number of aryl methyl sites for hydroxylation is 1. The Morgan fingerprint density at radius 1 is 1.30 bits per heavy atom. The monoisotopic (exact) mass is 329 g/mol. The minimum absolute atomic E-state index is 0.221. The zero-order valence-electron chi connectivity index (χ0n) is 13.1. The van der Waals surface area contributed by atoms with Crippen LogP contribution in [-0.4, -0.2) is 23.6 Å². The third kappa shape index (κ3) is 2.81. The molecule has 0 saturated carbocycles. The van der Waals surface area contributed by atoms with Crippen molar-refractivity contribution in [2.24, 2.45) is 0 Å². The molecular weight excluding hydrogens is 310 g/mol. The molecule has 23 heavy (non-hydrogen) atoms. The van der Waals surface area contributed by atoms with Gasteiger partial charge in [0.05, 0.1) is 0 Å². The third-order valence-corrected chi connectivity index (χ3v) is 5.50. The highest BCUT2D eigenvalue weighted by atomic mass is 32.1. The maximum Gasteiger partial charge on any atom is 0.231 e. The van der Waals surface area contributed by atoms with E-state index in [1.807, 2.05) is 17.0 Å². The number of carbonyl (C=O) groups excluding carboxylic acids is 1. The molecule has 1 aromatic carbocycles. The molecule has 2 aromatic rings. The molecule has 1 aromatic heterocycles. The van der Waals surface area contributed by atoms with E-state index in [1.165, 1.54) is 16.0 Å². The summed E-state index contributed by atoms with van der Waals surface area (Å²) >= 11 is 1.71. The topological polar surface area (TPSA) is 38.8 Å². The summed E-state index contributed by atoms with van der Waals surface area (Å²) in [6.07, 6.45) is 2.27. The maximum absolute atomic E-state index is 12.6. The largest absolute Gasteiger partial charge is 0.454 e. The van der Waals surface area contributed by atoms with Crippen LogP contribution < -0.4 is 9.47 Å². The summed E-state index contributed by atoms with van der Waals surface area (Å²) < 4.78 is 10.9. The highest BCUT2D eigenvalue weighted by Gasteiger charge is 2.29. The van der Waals surface area contributed by atoms with Crippen LogP contribution >= 0.6 is 11.3 Å². The summed E-state index contributed by atoms with van der Waals surface area (Å²) in [7, 11) is 0. The molecule has 5 heteroatoms. The lowest BCUT2D eigenvalue weighted by molar-refractivity contribution is -0.134. The molecule has 0 saturated heterocycles. The Labute approximate surface area is 139 Å². The zero-order chi connectivity index (χ0) is 15.8. The minimum Gasteiger partial charge on any atom is -0.454 e. The summed E-state index contributed by atoms with van der Waals surface area (Å²) in [6, 6.07) is 8.45. The smallest absolute Gasteiger partial charge is 0.231 e. The van der Waals surface area contributed by atoms with Crippen LogP contribution in [0.3, 0.4) is 0 Å². The van der Waals surface area contributed by atoms with Gasteiger partial charge >= 0.3 is 0 Å². The highest BCUT2D eigenvalue weighted by Crippen LogP contribution is 2.37. The molecule has 3 heterocycles. The second-order valence-electron chi connectivity index (χ2n) is 6.13. The van der Waals surface area contributed by atoms with E-state index in [4.69, 9.17) is 9.47 Å². The normalized spacial score (nSPS) is 18.8. The van der Waals surface area contributed by atoms with E-state index in [9.17, 15) is 4.79 Å². The predicted molar refractivity (Wildman–Crippen MR) is 88.9 cm³/mol. The van der Waals surface area contributed by atoms with Gasteiger partial charge in [-0.2, -0.15) is 0 Å². The average molecular weight is 329 g/mol. The molecule has 0 fully saturated rings. The first-order valence-corrected chi connectivity index (χ1v) is 8.82. The van der Waals surface area contributed by atoms with Gasteiger partial charge in [-0.15, -0.1) is 11.3 Å². The molecule has 0 radical (unpaired) electrons. The summed E-state index contributed by atoms with van der Waals surface area (Å²) in [5.41, 5.74) is 2.45. The zero-order valence-corrected chi connectivity index (χ0v) is 13.9. The van der Waals surface area contributed by atoms with Crippen LogP contribution in [0.4, 0.5) is 0 Å². The number of carbonyl (C=O) groups is 1. The van der Waals surface area contributed by atoms with Gasteiger partial charge in [-0.1, -0.05) is 6.07 Å². The maximum atomic E-state index is 12.6. The standard InChI is InChI=1S/C18H19NO3S/c1-12-7-13-8-16-17(22-11-21-16)9-14(13)10-19(12)18(20)5-4-15-3-2-6-23-15/h2-3,6,8-9,12H,4-5,7,10-11H2,1H3. The van der Waals surface area contributed by atoms with Crippen LogP contribution in [-0.2, 0) is 24.2 Å². The van der Waals surface area contributed by atoms with Gasteiger partial charge in [0, 0.05) is 23.9 Å². The van der Waals surface area contributed by atoms with Gasteiger partial charge in [-0.3, -0.25) is 4.79 Å². The summed E-state index contributed by atoms with van der Waals surface area (Å²) in [4.78, 5) is 15.9. The van der Waals surface area contributed by atoms with Crippen molar-refractivity contribution in [3.63, 3.8) is 0 Å².